The maximum absolute atomic E-state index is 13.1. The Labute approximate surface area is 223 Å². The average Bonchev–Trinajstić information content (AvgIpc) is 3.33. The number of nitrogen functional groups attached to an aromatic ring is 1. The first-order valence-corrected chi connectivity index (χ1v) is 12.8. The molecule has 0 bridgehead atoms. The van der Waals surface area contributed by atoms with Crippen molar-refractivity contribution in [3.63, 3.8) is 0 Å². The number of carbonyl (C=O) groups is 1. The van der Waals surface area contributed by atoms with Gasteiger partial charge in [0.25, 0.3) is 0 Å². The molecule has 3 N–H and O–H groups in total. The standard InChI is InChI=1S/C30H35N5O3/c1-20(2)7-6-14-32-23-11-10-22(33-18-23)16-28(36)27-19-35(34-30(27)31)24-9-5-8-21(15-24)26-13-12-25(37-3)17-29(26)38-4/h5,8-13,15,17-20,32H,6-7,14,16H2,1-4H3,(H2,31,34). The predicted molar refractivity (Wildman–Crippen MR) is 151 cm³/mol. The summed E-state index contributed by atoms with van der Waals surface area (Å²) in [6.07, 6.45) is 5.88. The topological polar surface area (TPSA) is 104 Å². The number of hydrogen-bond donors (Lipinski definition) is 2. The highest BCUT2D eigenvalue weighted by molar-refractivity contribution is 6.01. The van der Waals surface area contributed by atoms with Crippen LogP contribution in [-0.2, 0) is 6.42 Å². The number of ether oxygens (including phenoxy) is 2. The number of methoxy groups -OCH3 is 2. The van der Waals surface area contributed by atoms with Crippen LogP contribution < -0.4 is 20.5 Å². The maximum Gasteiger partial charge on any atom is 0.174 e. The van der Waals surface area contributed by atoms with Crippen LogP contribution in [0.4, 0.5) is 11.5 Å². The number of hydrogen-bond acceptors (Lipinski definition) is 7. The van der Waals surface area contributed by atoms with Gasteiger partial charge in [-0.3, -0.25) is 9.78 Å². The van der Waals surface area contributed by atoms with E-state index in [1.54, 1.807) is 31.3 Å². The second-order valence-corrected chi connectivity index (χ2v) is 9.59. The van der Waals surface area contributed by atoms with E-state index in [9.17, 15) is 4.79 Å². The van der Waals surface area contributed by atoms with Crippen LogP contribution in [0.2, 0.25) is 0 Å². The van der Waals surface area contributed by atoms with E-state index in [0.717, 1.165) is 35.5 Å². The van der Waals surface area contributed by atoms with Gasteiger partial charge in [0.2, 0.25) is 0 Å². The van der Waals surface area contributed by atoms with Gasteiger partial charge < -0.3 is 20.5 Å². The van der Waals surface area contributed by atoms with Crippen molar-refractivity contribution in [3.8, 4) is 28.3 Å². The zero-order valence-corrected chi connectivity index (χ0v) is 22.4. The van der Waals surface area contributed by atoms with Crippen LogP contribution in [0.15, 0.2) is 67.0 Å². The molecule has 2 aromatic carbocycles. The predicted octanol–water partition coefficient (Wildman–Crippen LogP) is 5.81. The number of ketones is 1. The number of nitrogens with one attached hydrogen (secondary N) is 1. The van der Waals surface area contributed by atoms with Gasteiger partial charge in [0.15, 0.2) is 11.6 Å². The van der Waals surface area contributed by atoms with E-state index in [4.69, 9.17) is 15.2 Å². The normalized spacial score (nSPS) is 11.0. The number of nitrogens with two attached hydrogens (primary N) is 1. The molecule has 0 spiro atoms. The lowest BCUT2D eigenvalue weighted by Gasteiger charge is -2.11. The van der Waals surface area contributed by atoms with Gasteiger partial charge in [-0.1, -0.05) is 26.0 Å². The Morgan fingerprint density at radius 1 is 1.08 bits per heavy atom. The first-order chi connectivity index (χ1) is 18.4. The highest BCUT2D eigenvalue weighted by atomic mass is 16.5. The highest BCUT2D eigenvalue weighted by Gasteiger charge is 2.17. The molecule has 2 aromatic heterocycles. The molecule has 8 nitrogen and oxygen atoms in total. The molecule has 38 heavy (non-hydrogen) atoms. The first kappa shape index (κ1) is 26.7. The molecule has 8 heteroatoms. The molecule has 0 aliphatic heterocycles. The zero-order valence-electron chi connectivity index (χ0n) is 22.4. The fourth-order valence-corrected chi connectivity index (χ4v) is 4.22. The van der Waals surface area contributed by atoms with Gasteiger partial charge in [0, 0.05) is 30.1 Å². The van der Waals surface area contributed by atoms with Gasteiger partial charge in [0.1, 0.15) is 11.5 Å². The lowest BCUT2D eigenvalue weighted by atomic mass is 10.0. The van der Waals surface area contributed by atoms with E-state index in [1.165, 1.54) is 6.42 Å². The second kappa shape index (κ2) is 12.3. The zero-order chi connectivity index (χ0) is 27.1. The molecule has 0 fully saturated rings. The van der Waals surface area contributed by atoms with Crippen LogP contribution in [0.5, 0.6) is 11.5 Å². The SMILES string of the molecule is COc1ccc(-c2cccc(-n3cc(C(=O)Cc4ccc(NCCCC(C)C)cn4)c(N)n3)c2)c(OC)c1. The first-order valence-electron chi connectivity index (χ1n) is 12.8. The molecule has 0 saturated carbocycles. The van der Waals surface area contributed by atoms with Crippen LogP contribution in [0.25, 0.3) is 16.8 Å². The number of pyridine rings is 1. The molecule has 0 amide bonds. The monoisotopic (exact) mass is 513 g/mol. The Morgan fingerprint density at radius 2 is 1.92 bits per heavy atom. The number of anilines is 2. The van der Waals surface area contributed by atoms with E-state index >= 15 is 0 Å². The summed E-state index contributed by atoms with van der Waals surface area (Å²) in [5, 5.41) is 7.79. The molecule has 0 aliphatic carbocycles. The fourth-order valence-electron chi connectivity index (χ4n) is 4.22. The molecule has 0 atom stereocenters. The third-order valence-electron chi connectivity index (χ3n) is 6.33. The van der Waals surface area contributed by atoms with Crippen molar-refractivity contribution in [3.05, 3.63) is 78.2 Å². The third kappa shape index (κ3) is 6.51. The van der Waals surface area contributed by atoms with Crippen molar-refractivity contribution >= 4 is 17.3 Å². The summed E-state index contributed by atoms with van der Waals surface area (Å²) >= 11 is 0. The van der Waals surface area contributed by atoms with Gasteiger partial charge in [-0.05, 0) is 60.7 Å². The maximum atomic E-state index is 13.1. The largest absolute Gasteiger partial charge is 0.497 e. The van der Waals surface area contributed by atoms with Crippen molar-refractivity contribution in [1.29, 1.82) is 0 Å². The van der Waals surface area contributed by atoms with Gasteiger partial charge in [-0.2, -0.15) is 0 Å². The summed E-state index contributed by atoms with van der Waals surface area (Å²) < 4.78 is 12.5. The van der Waals surface area contributed by atoms with Crippen LogP contribution in [0.3, 0.4) is 0 Å². The molecule has 0 unspecified atom stereocenters. The van der Waals surface area contributed by atoms with Crippen molar-refractivity contribution in [1.82, 2.24) is 14.8 Å². The molecule has 0 saturated heterocycles. The van der Waals surface area contributed by atoms with Crippen molar-refractivity contribution in [2.45, 2.75) is 33.1 Å². The molecule has 4 aromatic rings. The average molecular weight is 514 g/mol. The van der Waals surface area contributed by atoms with Gasteiger partial charge in [0.05, 0.1) is 43.8 Å². The molecular formula is C30H35N5O3. The van der Waals surface area contributed by atoms with Crippen LogP contribution >= 0.6 is 0 Å². The molecular weight excluding hydrogens is 478 g/mol. The van der Waals surface area contributed by atoms with E-state index < -0.39 is 0 Å². The number of Topliss-reactive ketones (excluding diaryl/α,β-unsaturated/α-hetero) is 1. The Balaban J connectivity index is 1.46. The second-order valence-electron chi connectivity index (χ2n) is 9.59. The van der Waals surface area contributed by atoms with E-state index in [0.29, 0.717) is 28.7 Å². The van der Waals surface area contributed by atoms with Crippen LogP contribution in [0, 0.1) is 5.92 Å². The number of carbonyl (C=O) groups excluding carboxylic acids is 1. The van der Waals surface area contributed by atoms with E-state index in [1.807, 2.05) is 54.6 Å². The number of aromatic nitrogens is 3. The smallest absolute Gasteiger partial charge is 0.174 e. The quantitative estimate of drug-likeness (QED) is 0.182. The van der Waals surface area contributed by atoms with Crippen molar-refractivity contribution in [2.75, 3.05) is 31.8 Å². The van der Waals surface area contributed by atoms with Crippen LogP contribution in [-0.4, -0.2) is 41.3 Å². The summed E-state index contributed by atoms with van der Waals surface area (Å²) in [6, 6.07) is 17.3. The van der Waals surface area contributed by atoms with Gasteiger partial charge in [-0.15, -0.1) is 5.10 Å². The molecule has 4 rings (SSSR count). The summed E-state index contributed by atoms with van der Waals surface area (Å²) in [4.78, 5) is 17.5. The molecule has 198 valence electrons. The summed E-state index contributed by atoms with van der Waals surface area (Å²) in [5.41, 5.74) is 10.8. The van der Waals surface area contributed by atoms with Crippen molar-refractivity contribution in [2.24, 2.45) is 5.92 Å². The number of rotatable bonds is 12. The Bertz CT molecular complexity index is 1380. The van der Waals surface area contributed by atoms with Crippen LogP contribution in [0.1, 0.15) is 42.7 Å². The fraction of sp³-hybridized carbons (Fsp3) is 0.300. The molecule has 0 aliphatic rings. The number of nitrogens with zero attached hydrogens (tertiary/aromatic N) is 3. The lowest BCUT2D eigenvalue weighted by molar-refractivity contribution is 0.0992. The highest BCUT2D eigenvalue weighted by Crippen LogP contribution is 2.34. The minimum atomic E-state index is -0.133. The summed E-state index contributed by atoms with van der Waals surface area (Å²) in [7, 11) is 3.25. The minimum absolute atomic E-state index is 0.133. The summed E-state index contributed by atoms with van der Waals surface area (Å²) in [6.45, 7) is 5.35. The Kier molecular flexibility index (Phi) is 8.63. The molecule has 2 heterocycles. The third-order valence-corrected chi connectivity index (χ3v) is 6.33. The summed E-state index contributed by atoms with van der Waals surface area (Å²) in [5.74, 6) is 2.16. The minimum Gasteiger partial charge on any atom is -0.497 e. The molecule has 0 radical (unpaired) electrons. The van der Waals surface area contributed by atoms with Gasteiger partial charge >= 0.3 is 0 Å². The lowest BCUT2D eigenvalue weighted by Crippen LogP contribution is -2.07. The van der Waals surface area contributed by atoms with Gasteiger partial charge in [-0.25, -0.2) is 4.68 Å². The Morgan fingerprint density at radius 3 is 2.63 bits per heavy atom. The van der Waals surface area contributed by atoms with Crippen molar-refractivity contribution < 1.29 is 14.3 Å². The van der Waals surface area contributed by atoms with E-state index in [-0.39, 0.29) is 18.0 Å². The van der Waals surface area contributed by atoms with E-state index in [2.05, 4.69) is 29.2 Å². The Hall–Kier alpha value is -4.33. The number of benzene rings is 2.